The highest BCUT2D eigenvalue weighted by molar-refractivity contribution is 4.79. The fourth-order valence-corrected chi connectivity index (χ4v) is 3.00. The first-order valence-electron chi connectivity index (χ1n) is 7.46. The van der Waals surface area contributed by atoms with Crippen LogP contribution >= 0.6 is 0 Å². The molecule has 2 saturated heterocycles. The number of hydrogen-bond acceptors (Lipinski definition) is 4. The molecule has 3 unspecified atom stereocenters. The van der Waals surface area contributed by atoms with Crippen LogP contribution in [0.1, 0.15) is 33.1 Å². The number of morpholine rings is 1. The van der Waals surface area contributed by atoms with Crippen molar-refractivity contribution in [2.45, 2.75) is 51.3 Å². The molecule has 2 rings (SSSR count). The molecule has 0 spiro atoms. The van der Waals surface area contributed by atoms with Crippen LogP contribution in [0.15, 0.2) is 0 Å². The summed E-state index contributed by atoms with van der Waals surface area (Å²) in [5, 5.41) is 3.54. The first kappa shape index (κ1) is 14.3. The van der Waals surface area contributed by atoms with Crippen LogP contribution in [0.4, 0.5) is 0 Å². The molecule has 0 aromatic rings. The maximum absolute atomic E-state index is 5.74. The topological polar surface area (TPSA) is 33.7 Å². The number of rotatable bonds is 6. The Morgan fingerprint density at radius 3 is 2.89 bits per heavy atom. The highest BCUT2D eigenvalue weighted by Crippen LogP contribution is 2.16. The van der Waals surface area contributed by atoms with E-state index in [0.29, 0.717) is 18.2 Å². The number of nitrogens with zero attached hydrogens (tertiary/aromatic N) is 1. The molecule has 0 amide bonds. The molecule has 0 saturated carbocycles. The third-order valence-electron chi connectivity index (χ3n) is 4.12. The van der Waals surface area contributed by atoms with Crippen molar-refractivity contribution in [3.8, 4) is 0 Å². The molecule has 2 aliphatic heterocycles. The van der Waals surface area contributed by atoms with Gasteiger partial charge in [-0.05, 0) is 32.7 Å². The summed E-state index contributed by atoms with van der Waals surface area (Å²) in [6.07, 6.45) is 4.09. The molecule has 4 heteroatoms. The minimum absolute atomic E-state index is 0.461. The van der Waals surface area contributed by atoms with Crippen molar-refractivity contribution in [3.05, 3.63) is 0 Å². The Morgan fingerprint density at radius 2 is 2.28 bits per heavy atom. The van der Waals surface area contributed by atoms with Crippen LogP contribution in [0.25, 0.3) is 0 Å². The Morgan fingerprint density at radius 1 is 1.39 bits per heavy atom. The molecule has 0 aromatic heterocycles. The largest absolute Gasteiger partial charge is 0.379 e. The monoisotopic (exact) mass is 256 g/mol. The molecule has 2 fully saturated rings. The molecule has 4 nitrogen and oxygen atoms in total. The van der Waals surface area contributed by atoms with E-state index in [1.54, 1.807) is 0 Å². The Balaban J connectivity index is 1.74. The lowest BCUT2D eigenvalue weighted by Crippen LogP contribution is -2.47. The zero-order valence-corrected chi connectivity index (χ0v) is 11.9. The zero-order chi connectivity index (χ0) is 12.8. The van der Waals surface area contributed by atoms with Crippen molar-refractivity contribution < 1.29 is 9.47 Å². The van der Waals surface area contributed by atoms with E-state index in [0.717, 1.165) is 39.5 Å². The summed E-state index contributed by atoms with van der Waals surface area (Å²) in [7, 11) is 0. The molecule has 0 aliphatic carbocycles. The van der Waals surface area contributed by atoms with Gasteiger partial charge in [0.25, 0.3) is 0 Å². The Kier molecular flexibility index (Phi) is 5.89. The summed E-state index contributed by atoms with van der Waals surface area (Å²) in [6.45, 7) is 10.4. The fraction of sp³-hybridized carbons (Fsp3) is 1.00. The first-order valence-corrected chi connectivity index (χ1v) is 7.46. The maximum Gasteiger partial charge on any atom is 0.0702 e. The lowest BCUT2D eigenvalue weighted by atomic mass is 10.1. The van der Waals surface area contributed by atoms with Gasteiger partial charge in [-0.25, -0.2) is 0 Å². The molecular formula is C14H28N2O2. The lowest BCUT2D eigenvalue weighted by molar-refractivity contribution is 0.0419. The molecule has 0 aromatic carbocycles. The van der Waals surface area contributed by atoms with E-state index < -0.39 is 0 Å². The van der Waals surface area contributed by atoms with E-state index in [2.05, 4.69) is 24.1 Å². The normalized spacial score (nSPS) is 30.8. The van der Waals surface area contributed by atoms with Crippen LogP contribution in [0, 0.1) is 0 Å². The summed E-state index contributed by atoms with van der Waals surface area (Å²) in [5.74, 6) is 0. The lowest BCUT2D eigenvalue weighted by Gasteiger charge is -2.33. The molecule has 18 heavy (non-hydrogen) atoms. The minimum Gasteiger partial charge on any atom is -0.379 e. The molecule has 0 bridgehead atoms. The van der Waals surface area contributed by atoms with Gasteiger partial charge in [-0.2, -0.15) is 0 Å². The van der Waals surface area contributed by atoms with Crippen molar-refractivity contribution >= 4 is 0 Å². The highest BCUT2D eigenvalue weighted by Gasteiger charge is 2.24. The van der Waals surface area contributed by atoms with Gasteiger partial charge < -0.3 is 14.8 Å². The van der Waals surface area contributed by atoms with E-state index >= 15 is 0 Å². The Bertz CT molecular complexity index is 226. The van der Waals surface area contributed by atoms with Gasteiger partial charge in [0.1, 0.15) is 0 Å². The molecule has 0 radical (unpaired) electrons. The van der Waals surface area contributed by atoms with Crippen molar-refractivity contribution in [2.24, 2.45) is 0 Å². The van der Waals surface area contributed by atoms with E-state index in [1.807, 2.05) is 0 Å². The predicted molar refractivity (Wildman–Crippen MR) is 72.9 cm³/mol. The third kappa shape index (κ3) is 4.19. The summed E-state index contributed by atoms with van der Waals surface area (Å²) in [5.41, 5.74) is 0. The van der Waals surface area contributed by atoms with Gasteiger partial charge in [0.2, 0.25) is 0 Å². The van der Waals surface area contributed by atoms with Gasteiger partial charge in [0.15, 0.2) is 0 Å². The molecule has 1 N–H and O–H groups in total. The molecule has 2 heterocycles. The SMILES string of the molecule is CCN(CC1CCCO1)C(C)CC1COCCN1. The third-order valence-corrected chi connectivity index (χ3v) is 4.12. The fourth-order valence-electron chi connectivity index (χ4n) is 3.00. The van der Waals surface area contributed by atoms with Crippen LogP contribution in [-0.4, -0.2) is 62.5 Å². The van der Waals surface area contributed by atoms with Gasteiger partial charge in [-0.15, -0.1) is 0 Å². The van der Waals surface area contributed by atoms with E-state index in [1.165, 1.54) is 19.3 Å². The van der Waals surface area contributed by atoms with Crippen LogP contribution < -0.4 is 5.32 Å². The quantitative estimate of drug-likeness (QED) is 0.775. The summed E-state index contributed by atoms with van der Waals surface area (Å²) >= 11 is 0. The number of nitrogens with one attached hydrogen (secondary N) is 1. The van der Waals surface area contributed by atoms with Gasteiger partial charge >= 0.3 is 0 Å². The van der Waals surface area contributed by atoms with Gasteiger partial charge in [0, 0.05) is 31.8 Å². The van der Waals surface area contributed by atoms with Crippen LogP contribution in [0.2, 0.25) is 0 Å². The van der Waals surface area contributed by atoms with Gasteiger partial charge in [-0.3, -0.25) is 4.90 Å². The second kappa shape index (κ2) is 7.43. The van der Waals surface area contributed by atoms with E-state index in [4.69, 9.17) is 9.47 Å². The average Bonchev–Trinajstić information content (AvgIpc) is 2.90. The molecule has 2 aliphatic rings. The Hall–Kier alpha value is -0.160. The summed E-state index contributed by atoms with van der Waals surface area (Å²) in [6, 6.07) is 1.12. The standard InChI is InChI=1S/C14H28N2O2/c1-3-16(10-14-5-4-7-18-14)12(2)9-13-11-17-8-6-15-13/h12-15H,3-11H2,1-2H3. The van der Waals surface area contributed by atoms with E-state index in [9.17, 15) is 0 Å². The van der Waals surface area contributed by atoms with Crippen molar-refractivity contribution in [1.82, 2.24) is 10.2 Å². The van der Waals surface area contributed by atoms with Crippen molar-refractivity contribution in [1.29, 1.82) is 0 Å². The molecule has 106 valence electrons. The zero-order valence-electron chi connectivity index (χ0n) is 11.9. The van der Waals surface area contributed by atoms with Crippen LogP contribution in [0.5, 0.6) is 0 Å². The second-order valence-electron chi connectivity index (χ2n) is 5.53. The number of ether oxygens (including phenoxy) is 2. The number of hydrogen-bond donors (Lipinski definition) is 1. The van der Waals surface area contributed by atoms with Crippen molar-refractivity contribution in [3.63, 3.8) is 0 Å². The Labute approximate surface area is 111 Å². The van der Waals surface area contributed by atoms with Crippen molar-refractivity contribution in [2.75, 3.05) is 39.5 Å². The summed E-state index contributed by atoms with van der Waals surface area (Å²) in [4.78, 5) is 2.55. The minimum atomic E-state index is 0.461. The molecular weight excluding hydrogens is 228 g/mol. The first-order chi connectivity index (χ1) is 8.79. The molecule has 3 atom stereocenters. The van der Waals surface area contributed by atoms with Crippen LogP contribution in [0.3, 0.4) is 0 Å². The number of likely N-dealkylation sites (N-methyl/N-ethyl adjacent to an activating group) is 1. The second-order valence-corrected chi connectivity index (χ2v) is 5.53. The van der Waals surface area contributed by atoms with Gasteiger partial charge in [0.05, 0.1) is 19.3 Å². The summed E-state index contributed by atoms with van der Waals surface area (Å²) < 4.78 is 11.3. The van der Waals surface area contributed by atoms with E-state index in [-0.39, 0.29) is 0 Å². The predicted octanol–water partition coefficient (Wildman–Crippen LogP) is 1.25. The van der Waals surface area contributed by atoms with Gasteiger partial charge in [-0.1, -0.05) is 6.92 Å². The highest BCUT2D eigenvalue weighted by atomic mass is 16.5. The average molecular weight is 256 g/mol. The van der Waals surface area contributed by atoms with Crippen LogP contribution in [-0.2, 0) is 9.47 Å². The smallest absolute Gasteiger partial charge is 0.0702 e. The maximum atomic E-state index is 5.74.